The molecule has 1 heterocycles. The zero-order valence-corrected chi connectivity index (χ0v) is 18.2. The number of benzene rings is 2. The lowest BCUT2D eigenvalue weighted by molar-refractivity contribution is -0.114. The number of hydrogen-bond donors (Lipinski definition) is 0. The van der Waals surface area contributed by atoms with E-state index in [1.54, 1.807) is 24.0 Å². The Hall–Kier alpha value is -2.13. The third kappa shape index (κ3) is 3.79. The molecule has 3 rings (SSSR count). The van der Waals surface area contributed by atoms with E-state index in [0.29, 0.717) is 28.9 Å². The van der Waals surface area contributed by atoms with Crippen LogP contribution in [-0.2, 0) is 4.79 Å². The second kappa shape index (κ2) is 8.26. The third-order valence-corrected chi connectivity index (χ3v) is 5.37. The number of likely N-dealkylation sites (N-methyl/N-ethyl adjacent to an activating group) is 1. The van der Waals surface area contributed by atoms with E-state index in [4.69, 9.17) is 21.7 Å². The van der Waals surface area contributed by atoms with Gasteiger partial charge in [0.25, 0.3) is 5.91 Å². The monoisotopic (exact) mass is 494 g/mol. The van der Waals surface area contributed by atoms with Crippen molar-refractivity contribution in [2.45, 2.75) is 6.92 Å². The van der Waals surface area contributed by atoms with Crippen LogP contribution in [0.5, 0.6) is 11.5 Å². The number of ether oxygens (including phenoxy) is 2. The molecule has 0 aromatic heterocycles. The van der Waals surface area contributed by atoms with Gasteiger partial charge in [0.05, 0.1) is 23.0 Å². The smallest absolute Gasteiger partial charge is 0.281 e. The molecule has 0 aliphatic carbocycles. The van der Waals surface area contributed by atoms with Gasteiger partial charge in [-0.2, -0.15) is 0 Å². The first-order valence-electron chi connectivity index (χ1n) is 8.37. The van der Waals surface area contributed by atoms with Gasteiger partial charge in [-0.1, -0.05) is 18.2 Å². The minimum Gasteiger partial charge on any atom is -0.492 e. The van der Waals surface area contributed by atoms with Gasteiger partial charge < -0.3 is 14.4 Å². The summed E-state index contributed by atoms with van der Waals surface area (Å²) >= 11 is 7.69. The minimum atomic E-state index is -0.155. The molecule has 0 spiro atoms. The summed E-state index contributed by atoms with van der Waals surface area (Å²) in [6.07, 6.45) is 1.82. The van der Waals surface area contributed by atoms with Crippen LogP contribution in [0.25, 0.3) is 6.08 Å². The van der Waals surface area contributed by atoms with Gasteiger partial charge in [0.1, 0.15) is 5.70 Å². The number of halogens is 1. The Morgan fingerprint density at radius 1 is 1.22 bits per heavy atom. The summed E-state index contributed by atoms with van der Waals surface area (Å²) < 4.78 is 12.0. The normalized spacial score (nSPS) is 15.6. The summed E-state index contributed by atoms with van der Waals surface area (Å²) in [5.74, 6) is 1.18. The van der Waals surface area contributed by atoms with Crippen LogP contribution < -0.4 is 14.4 Å². The topological polar surface area (TPSA) is 42.0 Å². The van der Waals surface area contributed by atoms with Crippen LogP contribution in [0.4, 0.5) is 5.69 Å². The number of amides is 1. The number of methoxy groups -OCH3 is 1. The number of nitrogens with zero attached hydrogens (tertiary/aromatic N) is 2. The fourth-order valence-electron chi connectivity index (χ4n) is 2.85. The molecular weight excluding hydrogens is 475 g/mol. The molecule has 0 bridgehead atoms. The largest absolute Gasteiger partial charge is 0.492 e. The molecule has 140 valence electrons. The summed E-state index contributed by atoms with van der Waals surface area (Å²) in [6.45, 7) is 2.44. The molecule has 5 nitrogen and oxygen atoms in total. The maximum atomic E-state index is 13.0. The number of hydrogen-bond acceptors (Lipinski definition) is 4. The minimum absolute atomic E-state index is 0.155. The Morgan fingerprint density at radius 2 is 1.93 bits per heavy atom. The maximum absolute atomic E-state index is 13.0. The van der Waals surface area contributed by atoms with Crippen LogP contribution in [0.1, 0.15) is 12.5 Å². The van der Waals surface area contributed by atoms with E-state index in [9.17, 15) is 4.79 Å². The first-order chi connectivity index (χ1) is 13.0. The lowest BCUT2D eigenvalue weighted by Gasteiger charge is -2.16. The highest BCUT2D eigenvalue weighted by Gasteiger charge is 2.36. The van der Waals surface area contributed by atoms with Crippen molar-refractivity contribution < 1.29 is 14.3 Å². The van der Waals surface area contributed by atoms with E-state index in [2.05, 4.69) is 22.6 Å². The van der Waals surface area contributed by atoms with Gasteiger partial charge in [-0.15, -0.1) is 0 Å². The predicted molar refractivity (Wildman–Crippen MR) is 119 cm³/mol. The number of carbonyl (C=O) groups is 1. The maximum Gasteiger partial charge on any atom is 0.281 e. The Balaban J connectivity index is 2.02. The average molecular weight is 494 g/mol. The van der Waals surface area contributed by atoms with Crippen molar-refractivity contribution in [2.24, 2.45) is 0 Å². The molecule has 0 unspecified atom stereocenters. The highest BCUT2D eigenvalue weighted by atomic mass is 127. The molecule has 1 aliphatic heterocycles. The number of para-hydroxylation sites is 1. The zero-order chi connectivity index (χ0) is 19.6. The number of rotatable bonds is 5. The van der Waals surface area contributed by atoms with Gasteiger partial charge in [-0.25, -0.2) is 0 Å². The van der Waals surface area contributed by atoms with Crippen LogP contribution in [-0.4, -0.2) is 36.7 Å². The summed E-state index contributed by atoms with van der Waals surface area (Å²) in [5, 5.41) is 0.450. The summed E-state index contributed by atoms with van der Waals surface area (Å²) in [7, 11) is 3.41. The molecule has 7 heteroatoms. The molecule has 1 fully saturated rings. The standard InChI is InChI=1S/C20H19IN2O3S/c1-4-26-17-12-13(10-15(21)18(17)25-3)11-16-19(24)23(20(27)22(16)2)14-8-6-5-7-9-14/h5-12H,4H2,1-3H3. The molecule has 0 atom stereocenters. The molecule has 0 saturated carbocycles. The van der Waals surface area contributed by atoms with Gasteiger partial charge in [0, 0.05) is 7.05 Å². The van der Waals surface area contributed by atoms with Crippen molar-refractivity contribution in [3.8, 4) is 11.5 Å². The second-order valence-corrected chi connectivity index (χ2v) is 7.34. The summed E-state index contributed by atoms with van der Waals surface area (Å²) in [5.41, 5.74) is 2.10. The van der Waals surface area contributed by atoms with E-state index in [0.717, 1.165) is 14.8 Å². The number of carbonyl (C=O) groups excluding carboxylic acids is 1. The molecule has 1 amide bonds. The highest BCUT2D eigenvalue weighted by molar-refractivity contribution is 14.1. The Labute approximate surface area is 177 Å². The van der Waals surface area contributed by atoms with Crippen LogP contribution in [0.15, 0.2) is 48.2 Å². The Bertz CT molecular complexity index is 915. The SMILES string of the molecule is CCOc1cc(C=C2C(=O)N(c3ccccc3)C(=S)N2C)cc(I)c1OC. The van der Waals surface area contributed by atoms with E-state index in [-0.39, 0.29) is 5.91 Å². The summed E-state index contributed by atoms with van der Waals surface area (Å²) in [6, 6.07) is 13.2. The number of anilines is 1. The van der Waals surface area contributed by atoms with Crippen LogP contribution in [0, 0.1) is 3.57 Å². The zero-order valence-electron chi connectivity index (χ0n) is 15.2. The molecular formula is C20H19IN2O3S. The van der Waals surface area contributed by atoms with Gasteiger partial charge in [0.15, 0.2) is 16.6 Å². The van der Waals surface area contributed by atoms with Crippen LogP contribution in [0.2, 0.25) is 0 Å². The molecule has 0 radical (unpaired) electrons. The third-order valence-electron chi connectivity index (χ3n) is 4.12. The number of thiocarbonyl (C=S) groups is 1. The fourth-order valence-corrected chi connectivity index (χ4v) is 3.98. The van der Waals surface area contributed by atoms with Crippen molar-refractivity contribution >= 4 is 57.6 Å². The quantitative estimate of drug-likeness (QED) is 0.352. The predicted octanol–water partition coefficient (Wildman–Crippen LogP) is 4.30. The van der Waals surface area contributed by atoms with E-state index < -0.39 is 0 Å². The van der Waals surface area contributed by atoms with Crippen molar-refractivity contribution in [1.82, 2.24) is 4.90 Å². The fraction of sp³-hybridized carbons (Fsp3) is 0.200. The Kier molecular flexibility index (Phi) is 6.01. The Morgan fingerprint density at radius 3 is 2.56 bits per heavy atom. The molecule has 0 N–H and O–H groups in total. The van der Waals surface area contributed by atoms with Gasteiger partial charge >= 0.3 is 0 Å². The molecule has 27 heavy (non-hydrogen) atoms. The van der Waals surface area contributed by atoms with Crippen molar-refractivity contribution in [3.63, 3.8) is 0 Å². The van der Waals surface area contributed by atoms with Gasteiger partial charge in [-0.3, -0.25) is 9.69 Å². The average Bonchev–Trinajstić information content (AvgIpc) is 2.86. The molecule has 1 saturated heterocycles. The van der Waals surface area contributed by atoms with Crippen LogP contribution in [0.3, 0.4) is 0 Å². The van der Waals surface area contributed by atoms with Gasteiger partial charge in [-0.05, 0) is 77.6 Å². The highest BCUT2D eigenvalue weighted by Crippen LogP contribution is 2.35. The molecule has 1 aliphatic rings. The second-order valence-electron chi connectivity index (χ2n) is 5.81. The van der Waals surface area contributed by atoms with E-state index in [1.165, 1.54) is 0 Å². The van der Waals surface area contributed by atoms with Crippen LogP contribution >= 0.6 is 34.8 Å². The first-order valence-corrected chi connectivity index (χ1v) is 9.85. The lowest BCUT2D eigenvalue weighted by Crippen LogP contribution is -2.30. The molecule has 2 aromatic carbocycles. The molecule has 2 aromatic rings. The van der Waals surface area contributed by atoms with Crippen molar-refractivity contribution in [2.75, 3.05) is 25.7 Å². The van der Waals surface area contributed by atoms with Crippen molar-refractivity contribution in [3.05, 3.63) is 57.3 Å². The van der Waals surface area contributed by atoms with E-state index >= 15 is 0 Å². The lowest BCUT2D eigenvalue weighted by atomic mass is 10.1. The van der Waals surface area contributed by atoms with Gasteiger partial charge in [0.2, 0.25) is 0 Å². The van der Waals surface area contributed by atoms with Crippen molar-refractivity contribution in [1.29, 1.82) is 0 Å². The first kappa shape index (κ1) is 19.6. The van der Waals surface area contributed by atoms with E-state index in [1.807, 2.05) is 55.5 Å². The summed E-state index contributed by atoms with van der Waals surface area (Å²) in [4.78, 5) is 16.3.